The number of rotatable bonds is 4. The van der Waals surface area contributed by atoms with Crippen LogP contribution in [-0.4, -0.2) is 46.0 Å². The van der Waals surface area contributed by atoms with E-state index in [0.29, 0.717) is 19.4 Å². The highest BCUT2D eigenvalue weighted by Gasteiger charge is 2.34. The van der Waals surface area contributed by atoms with E-state index in [1.54, 1.807) is 11.0 Å². The Labute approximate surface area is 177 Å². The first kappa shape index (κ1) is 20.8. The molecule has 0 fully saturated rings. The van der Waals surface area contributed by atoms with E-state index in [-0.39, 0.29) is 12.6 Å². The van der Waals surface area contributed by atoms with Gasteiger partial charge in [-0.3, -0.25) is 4.90 Å². The minimum atomic E-state index is -1.68. The van der Waals surface area contributed by atoms with Crippen LogP contribution in [0.5, 0.6) is 0 Å². The number of carbonyl (C=O) groups excluding carboxylic acids is 2. The maximum absolute atomic E-state index is 12.6. The molecule has 0 bridgehead atoms. The Bertz CT molecular complexity index is 904. The average molecular weight is 446 g/mol. The van der Waals surface area contributed by atoms with Crippen LogP contribution in [0.3, 0.4) is 0 Å². The highest BCUT2D eigenvalue weighted by atomic mass is 35.6. The van der Waals surface area contributed by atoms with E-state index in [1.165, 1.54) is 13.2 Å². The zero-order valence-electron chi connectivity index (χ0n) is 15.1. The van der Waals surface area contributed by atoms with Gasteiger partial charge >= 0.3 is 12.1 Å². The summed E-state index contributed by atoms with van der Waals surface area (Å²) in [6.45, 7) is 0.0988. The van der Waals surface area contributed by atoms with E-state index in [2.05, 4.69) is 9.72 Å². The van der Waals surface area contributed by atoms with Gasteiger partial charge in [0, 0.05) is 29.2 Å². The van der Waals surface area contributed by atoms with Crippen molar-refractivity contribution in [2.75, 3.05) is 20.3 Å². The lowest BCUT2D eigenvalue weighted by Crippen LogP contribution is -2.41. The highest BCUT2D eigenvalue weighted by Crippen LogP contribution is 2.37. The third-order valence-electron chi connectivity index (χ3n) is 4.57. The molecule has 0 saturated heterocycles. The SMILES string of the molecule is COC(=O)/C=C/CC1c2[nH]c3ccccc3c2CCN1C(=O)OCC(Cl)(Cl)Cl. The predicted octanol–water partition coefficient (Wildman–Crippen LogP) is 4.69. The molecular formula is C19H19Cl3N2O4. The van der Waals surface area contributed by atoms with E-state index in [4.69, 9.17) is 39.5 Å². The molecular weight excluding hydrogens is 427 g/mol. The average Bonchev–Trinajstić information content (AvgIpc) is 3.04. The molecule has 1 aliphatic rings. The van der Waals surface area contributed by atoms with E-state index in [0.717, 1.165) is 22.2 Å². The summed E-state index contributed by atoms with van der Waals surface area (Å²) < 4.78 is 8.12. The summed E-state index contributed by atoms with van der Waals surface area (Å²) in [5.74, 6) is -0.460. The van der Waals surface area contributed by atoms with Crippen molar-refractivity contribution in [1.82, 2.24) is 9.88 Å². The van der Waals surface area contributed by atoms with E-state index < -0.39 is 15.9 Å². The Morgan fingerprint density at radius 3 is 2.79 bits per heavy atom. The number of nitrogens with one attached hydrogen (secondary N) is 1. The lowest BCUT2D eigenvalue weighted by molar-refractivity contribution is -0.134. The molecule has 3 rings (SSSR count). The zero-order chi connectivity index (χ0) is 20.3. The van der Waals surface area contributed by atoms with E-state index in [9.17, 15) is 9.59 Å². The number of fused-ring (bicyclic) bond motifs is 3. The second-order valence-electron chi connectivity index (χ2n) is 6.35. The number of alkyl halides is 3. The molecule has 6 nitrogen and oxygen atoms in total. The maximum atomic E-state index is 12.6. The second-order valence-corrected chi connectivity index (χ2v) is 8.87. The van der Waals surface area contributed by atoms with Gasteiger partial charge in [-0.15, -0.1) is 0 Å². The maximum Gasteiger partial charge on any atom is 0.410 e. The molecule has 1 N–H and O–H groups in total. The third-order valence-corrected chi connectivity index (χ3v) is 4.89. The number of H-pyrrole nitrogens is 1. The number of esters is 1. The van der Waals surface area contributed by atoms with Crippen molar-refractivity contribution in [3.05, 3.63) is 47.7 Å². The number of amides is 1. The van der Waals surface area contributed by atoms with Gasteiger partial charge in [0.05, 0.1) is 13.2 Å². The molecule has 2 aromatic rings. The van der Waals surface area contributed by atoms with Crippen molar-refractivity contribution in [2.24, 2.45) is 0 Å². The molecule has 0 spiro atoms. The molecule has 1 aromatic heterocycles. The smallest absolute Gasteiger partial charge is 0.410 e. The topological polar surface area (TPSA) is 71.6 Å². The molecule has 1 unspecified atom stereocenters. The molecule has 0 aliphatic carbocycles. The Kier molecular flexibility index (Phi) is 6.43. The molecule has 0 radical (unpaired) electrons. The molecule has 1 amide bonds. The van der Waals surface area contributed by atoms with E-state index >= 15 is 0 Å². The van der Waals surface area contributed by atoms with Crippen LogP contribution in [0.1, 0.15) is 23.7 Å². The number of aromatic nitrogens is 1. The van der Waals surface area contributed by atoms with E-state index in [1.807, 2.05) is 24.3 Å². The van der Waals surface area contributed by atoms with Gasteiger partial charge in [0.1, 0.15) is 6.61 Å². The van der Waals surface area contributed by atoms with Crippen molar-refractivity contribution in [3.63, 3.8) is 0 Å². The lowest BCUT2D eigenvalue weighted by Gasteiger charge is -2.34. The summed E-state index contributed by atoms with van der Waals surface area (Å²) in [6, 6.07) is 7.61. The van der Waals surface area contributed by atoms with Crippen molar-refractivity contribution in [1.29, 1.82) is 0 Å². The first-order valence-electron chi connectivity index (χ1n) is 8.64. The molecule has 9 heteroatoms. The summed E-state index contributed by atoms with van der Waals surface area (Å²) in [6.07, 6.45) is 3.50. The first-order chi connectivity index (χ1) is 13.3. The minimum Gasteiger partial charge on any atom is -0.466 e. The molecule has 1 aliphatic heterocycles. The summed E-state index contributed by atoms with van der Waals surface area (Å²) in [7, 11) is 1.31. The first-order valence-corrected chi connectivity index (χ1v) is 9.77. The standard InChI is InChI=1S/C19H19Cl3N2O4/c1-27-16(25)8-4-7-15-17-13(12-5-2-3-6-14(12)23-17)9-10-24(15)18(26)28-11-19(20,21)22/h2-6,8,15,23H,7,9-11H2,1H3/b8-4+. The number of benzene rings is 1. The van der Waals surface area contributed by atoms with Gasteiger partial charge in [-0.1, -0.05) is 59.1 Å². The van der Waals surface area contributed by atoms with Crippen LogP contribution in [0.2, 0.25) is 0 Å². The van der Waals surface area contributed by atoms with Crippen LogP contribution in [0.25, 0.3) is 10.9 Å². The normalized spacial score (nSPS) is 17.0. The summed E-state index contributed by atoms with van der Waals surface area (Å²) in [4.78, 5) is 29.0. The van der Waals surface area contributed by atoms with Gasteiger partial charge in [-0.2, -0.15) is 0 Å². The van der Waals surface area contributed by atoms with Crippen LogP contribution in [-0.2, 0) is 20.7 Å². The number of para-hydroxylation sites is 1. The lowest BCUT2D eigenvalue weighted by atomic mass is 9.95. The van der Waals surface area contributed by atoms with Gasteiger partial charge in [0.25, 0.3) is 0 Å². The third kappa shape index (κ3) is 4.74. The largest absolute Gasteiger partial charge is 0.466 e. The summed E-state index contributed by atoms with van der Waals surface area (Å²) >= 11 is 17.1. The van der Waals surface area contributed by atoms with Crippen molar-refractivity contribution in [3.8, 4) is 0 Å². The van der Waals surface area contributed by atoms with Crippen LogP contribution >= 0.6 is 34.8 Å². The summed E-state index contributed by atoms with van der Waals surface area (Å²) in [5, 5.41) is 1.12. The van der Waals surface area contributed by atoms with Gasteiger partial charge in [-0.25, -0.2) is 9.59 Å². The molecule has 150 valence electrons. The van der Waals surface area contributed by atoms with Crippen LogP contribution < -0.4 is 0 Å². The number of methoxy groups -OCH3 is 1. The Morgan fingerprint density at radius 1 is 1.32 bits per heavy atom. The Morgan fingerprint density at radius 2 is 2.07 bits per heavy atom. The van der Waals surface area contributed by atoms with Gasteiger partial charge in [0.15, 0.2) is 0 Å². The molecule has 1 aromatic carbocycles. The predicted molar refractivity (Wildman–Crippen MR) is 109 cm³/mol. The number of aromatic amines is 1. The Hall–Kier alpha value is -1.89. The fourth-order valence-electron chi connectivity index (χ4n) is 3.37. The molecule has 28 heavy (non-hydrogen) atoms. The fourth-order valence-corrected chi connectivity index (χ4v) is 3.53. The second kappa shape index (κ2) is 8.64. The number of hydrogen-bond donors (Lipinski definition) is 1. The minimum absolute atomic E-state index is 0.347. The Balaban J connectivity index is 1.90. The number of carbonyl (C=O) groups is 2. The van der Waals surface area contributed by atoms with Crippen LogP contribution in [0, 0.1) is 0 Å². The zero-order valence-corrected chi connectivity index (χ0v) is 17.4. The number of ether oxygens (including phenoxy) is 2. The van der Waals surface area contributed by atoms with Gasteiger partial charge < -0.3 is 14.5 Å². The fraction of sp³-hybridized carbons (Fsp3) is 0.368. The molecule has 0 saturated carbocycles. The highest BCUT2D eigenvalue weighted by molar-refractivity contribution is 6.67. The summed E-state index contributed by atoms with van der Waals surface area (Å²) in [5.41, 5.74) is 3.05. The number of nitrogens with zero attached hydrogens (tertiary/aromatic N) is 1. The molecule has 2 heterocycles. The monoisotopic (exact) mass is 444 g/mol. The van der Waals surface area contributed by atoms with Crippen LogP contribution in [0.4, 0.5) is 4.79 Å². The quantitative estimate of drug-likeness (QED) is 0.421. The van der Waals surface area contributed by atoms with Gasteiger partial charge in [0.2, 0.25) is 3.79 Å². The number of hydrogen-bond acceptors (Lipinski definition) is 4. The van der Waals surface area contributed by atoms with Gasteiger partial charge in [-0.05, 0) is 24.5 Å². The van der Waals surface area contributed by atoms with Crippen molar-refractivity contribution >= 4 is 57.8 Å². The van der Waals surface area contributed by atoms with Crippen LogP contribution in [0.15, 0.2) is 36.4 Å². The molecule has 1 atom stereocenters. The number of halogens is 3. The van der Waals surface area contributed by atoms with Crippen molar-refractivity contribution in [2.45, 2.75) is 22.7 Å². The van der Waals surface area contributed by atoms with Crippen molar-refractivity contribution < 1.29 is 19.1 Å².